The standard InChI is InChI=1S/C25H28F6N2O2S.C19H26F3NO2.C6H4F3NS.Cl2O2S.H2N/c1-15(2)14-34-22-10-16(24(26,27)28)6-8-21(22)35-20-11-18-4-3-5-19(12-20)33(18)36-23-9-7-17(13-32-23)25(29,30)31;1-12(2)11-24-18-8-13(19(20,21)22)6-7-17(18)25-16-9-14-4-3-5-15(10-16)23-14;7-6(8,9)4-1-2-5(11)10-3-4;1-5(2,3)4;/h6-10,13,15,18-20H,3-5,11-12,14H2,1-2H3;6-8,12,14-16,23H,3-5,9-11H2,1-2H3;1-3H,(H,10,11);;1H2/q;;;;-1/t18-,19+,20?;14-,15+,16?;;;. The second-order valence-corrected chi connectivity index (χ2v) is 24.7. The van der Waals surface area contributed by atoms with Gasteiger partial charge in [-0.05, 0) is 123 Å². The number of piperidine rings is 4. The van der Waals surface area contributed by atoms with Gasteiger partial charge in [-0.15, -0.1) is 0 Å². The first-order valence-electron chi connectivity index (χ1n) is 24.4. The summed E-state index contributed by atoms with van der Waals surface area (Å²) in [6.45, 7) is 8.36. The van der Waals surface area contributed by atoms with Crippen molar-refractivity contribution in [1.29, 1.82) is 0 Å². The largest absolute Gasteiger partial charge is 0.693 e. The van der Waals surface area contributed by atoms with Gasteiger partial charge in [0.2, 0.25) is 0 Å². The molecule has 2 aromatic carbocycles. The van der Waals surface area contributed by atoms with Gasteiger partial charge in [0.25, 0.3) is 0 Å². The van der Waals surface area contributed by atoms with Crippen molar-refractivity contribution in [3.05, 3.63) is 106 Å². The van der Waals surface area contributed by atoms with Gasteiger partial charge in [0, 0.05) is 70.8 Å². The average Bonchev–Trinajstić information content (AvgIpc) is 3.30. The van der Waals surface area contributed by atoms with Crippen LogP contribution < -0.4 is 24.3 Å². The van der Waals surface area contributed by atoms with Crippen LogP contribution in [0.4, 0.5) is 52.7 Å². The van der Waals surface area contributed by atoms with Crippen molar-refractivity contribution < 1.29 is 80.1 Å². The molecule has 2 aromatic heterocycles. The summed E-state index contributed by atoms with van der Waals surface area (Å²) in [5.74, 6) is 1.32. The Balaban J connectivity index is 0.000000268. The second kappa shape index (κ2) is 28.7. The minimum Gasteiger partial charge on any atom is -0.693 e. The lowest BCUT2D eigenvalue weighted by molar-refractivity contribution is -0.138. The number of halogens is 14. The molecule has 11 nitrogen and oxygen atoms in total. The number of aromatic amines is 1. The Labute approximate surface area is 463 Å². The maximum absolute atomic E-state index is 13.3. The summed E-state index contributed by atoms with van der Waals surface area (Å²) < 4.78 is 197. The Bertz CT molecular complexity index is 2630. The lowest BCUT2D eigenvalue weighted by Gasteiger charge is -2.47. The van der Waals surface area contributed by atoms with Crippen LogP contribution in [0.1, 0.15) is 114 Å². The second-order valence-electron chi connectivity index (χ2n) is 19.5. The van der Waals surface area contributed by atoms with Crippen LogP contribution >= 0.6 is 45.5 Å². The summed E-state index contributed by atoms with van der Waals surface area (Å²) in [7, 11) is 4.81. The molecule has 4 aliphatic heterocycles. The van der Waals surface area contributed by atoms with Crippen molar-refractivity contribution in [3.8, 4) is 23.0 Å². The van der Waals surface area contributed by atoms with Crippen molar-refractivity contribution in [2.24, 2.45) is 11.8 Å². The Hall–Kier alpha value is -3.92. The van der Waals surface area contributed by atoms with E-state index in [0.717, 1.165) is 93.7 Å². The molecule has 8 rings (SSSR count). The summed E-state index contributed by atoms with van der Waals surface area (Å²) >= 11 is 5.92. The Morgan fingerprint density at radius 1 is 0.628 bits per heavy atom. The average molecular weight is 1220 g/mol. The lowest BCUT2D eigenvalue weighted by atomic mass is 9.85. The van der Waals surface area contributed by atoms with Crippen molar-refractivity contribution in [2.75, 3.05) is 13.2 Å². The molecule has 2 unspecified atom stereocenters. The zero-order chi connectivity index (χ0) is 57.1. The Morgan fingerprint density at radius 2 is 1.04 bits per heavy atom. The van der Waals surface area contributed by atoms with Crippen molar-refractivity contribution in [1.82, 2.24) is 19.6 Å². The van der Waals surface area contributed by atoms with Crippen LogP contribution in [0.2, 0.25) is 0 Å². The van der Waals surface area contributed by atoms with Crippen molar-refractivity contribution >= 4 is 53.8 Å². The Morgan fingerprint density at radius 3 is 1.42 bits per heavy atom. The third kappa shape index (κ3) is 22.2. The minimum absolute atomic E-state index is 0. The van der Waals surface area contributed by atoms with E-state index < -0.39 is 55.2 Å². The van der Waals surface area contributed by atoms with Crippen molar-refractivity contribution in [3.63, 3.8) is 0 Å². The van der Waals surface area contributed by atoms with Crippen LogP contribution in [0.15, 0.2) is 78.1 Å². The number of rotatable bonds is 12. The molecular formula is C50H60Cl2F12N5O6S3-. The predicted molar refractivity (Wildman–Crippen MR) is 276 cm³/mol. The quantitative estimate of drug-likeness (QED) is 0.0604. The van der Waals surface area contributed by atoms with E-state index in [1.165, 1.54) is 42.6 Å². The molecule has 4 fully saturated rings. The van der Waals surface area contributed by atoms with Gasteiger partial charge in [0.15, 0.2) is 23.0 Å². The number of hydrogen-bond donors (Lipinski definition) is 2. The van der Waals surface area contributed by atoms with Crippen molar-refractivity contribution in [2.45, 2.75) is 158 Å². The third-order valence-corrected chi connectivity index (χ3v) is 13.7. The molecule has 6 atom stereocenters. The summed E-state index contributed by atoms with van der Waals surface area (Å²) in [4.78, 5) is 6.29. The molecule has 0 radical (unpaired) electrons. The van der Waals surface area contributed by atoms with E-state index in [0.29, 0.717) is 42.3 Å². The zero-order valence-electron chi connectivity index (χ0n) is 42.5. The van der Waals surface area contributed by atoms with Crippen LogP contribution in [0, 0.1) is 16.5 Å². The number of nitrogens with one attached hydrogen (secondary N) is 2. The third-order valence-electron chi connectivity index (χ3n) is 12.2. The molecule has 4 N–H and O–H groups in total. The van der Waals surface area contributed by atoms with Gasteiger partial charge < -0.3 is 35.4 Å². The maximum atomic E-state index is 13.3. The highest BCUT2D eigenvalue weighted by atomic mass is 36.0. The number of pyridine rings is 2. The summed E-state index contributed by atoms with van der Waals surface area (Å²) in [6, 6.07) is 12.5. The van der Waals surface area contributed by atoms with E-state index in [9.17, 15) is 52.7 Å². The van der Waals surface area contributed by atoms with Gasteiger partial charge in [-0.1, -0.05) is 52.8 Å². The molecular weight excluding hydrogens is 1160 g/mol. The maximum Gasteiger partial charge on any atom is 0.417 e. The van der Waals surface area contributed by atoms with Crippen LogP contribution in [0.5, 0.6) is 23.0 Å². The summed E-state index contributed by atoms with van der Waals surface area (Å²) in [6.07, 6.45) is -6.68. The number of benzene rings is 2. The number of ether oxygens (including phenoxy) is 4. The highest BCUT2D eigenvalue weighted by Gasteiger charge is 2.42. The first-order valence-corrected chi connectivity index (χ1v) is 28.7. The fourth-order valence-electron chi connectivity index (χ4n) is 8.80. The van der Waals surface area contributed by atoms with Gasteiger partial charge in [-0.25, -0.2) is 9.29 Å². The van der Waals surface area contributed by atoms with E-state index in [1.54, 1.807) is 0 Å². The van der Waals surface area contributed by atoms with Gasteiger partial charge in [-0.3, -0.25) is 0 Å². The highest BCUT2D eigenvalue weighted by Crippen LogP contribution is 2.45. The molecule has 6 heterocycles. The predicted octanol–water partition coefficient (Wildman–Crippen LogP) is 16.6. The van der Waals surface area contributed by atoms with E-state index >= 15 is 0 Å². The molecule has 0 spiro atoms. The molecule has 0 aliphatic carbocycles. The molecule has 78 heavy (non-hydrogen) atoms. The number of alkyl halides is 12. The number of nitrogens with zero attached hydrogens (tertiary/aromatic N) is 2. The SMILES string of the molecule is CC(C)COc1cc(C(F)(F)F)ccc1OC1C[C@H]2CCC[C@@H](C1)N2.CC(C)COc1cc(C(F)(F)F)ccc1OC1C[C@H]2CCC[C@@H](C1)N2Sc1ccc(C(F)(F)F)cn1.FC(F)(F)c1ccc(=S)[nH]c1.O=S(=O)(Cl)Cl.[NH2-]. The minimum atomic E-state index is -4.49. The number of fused-ring (bicyclic) bond motifs is 4. The molecule has 4 aromatic rings. The molecule has 4 saturated heterocycles. The number of H-pyrrole nitrogens is 1. The fraction of sp³-hybridized carbons (Fsp3) is 0.560. The first-order chi connectivity index (χ1) is 35.7. The van der Waals surface area contributed by atoms with Gasteiger partial charge in [0.05, 0.1) is 35.5 Å². The van der Waals surface area contributed by atoms with Crippen LogP contribution in [0.25, 0.3) is 6.15 Å². The van der Waals surface area contributed by atoms with Gasteiger partial charge >= 0.3 is 33.0 Å². The fourth-order valence-corrected chi connectivity index (χ4v) is 10.1. The van der Waals surface area contributed by atoms with Crippen LogP contribution in [0.3, 0.4) is 0 Å². The number of hydrogen-bond acceptors (Lipinski definition) is 11. The molecule has 4 aliphatic rings. The zero-order valence-corrected chi connectivity index (χ0v) is 46.4. The van der Waals surface area contributed by atoms with Crippen LogP contribution in [-0.4, -0.2) is 72.3 Å². The first kappa shape index (κ1) is 66.6. The molecule has 438 valence electrons. The van der Waals surface area contributed by atoms with E-state index in [2.05, 4.69) is 53.2 Å². The Kier molecular flexibility index (Phi) is 24.5. The topological polar surface area (TPSA) is 149 Å². The number of nitrogens with two attached hydrogens (primary N) is 1. The monoisotopic (exact) mass is 1220 g/mol. The van der Waals surface area contributed by atoms with Crippen LogP contribution in [-0.2, 0) is 33.0 Å². The smallest absolute Gasteiger partial charge is 0.417 e. The number of aromatic nitrogens is 2. The lowest BCUT2D eigenvalue weighted by Crippen LogP contribution is -2.51. The molecule has 4 bridgehead atoms. The van der Waals surface area contributed by atoms with E-state index in [1.807, 2.05) is 27.7 Å². The molecule has 0 amide bonds. The van der Waals surface area contributed by atoms with Gasteiger partial charge in [0.1, 0.15) is 21.9 Å². The highest BCUT2D eigenvalue weighted by molar-refractivity contribution is 8.31. The molecule has 0 saturated carbocycles. The van der Waals surface area contributed by atoms with Gasteiger partial charge in [-0.2, -0.15) is 61.1 Å². The summed E-state index contributed by atoms with van der Waals surface area (Å²) in [5.41, 5.74) is -3.00. The molecule has 28 heteroatoms. The normalized spacial score (nSPS) is 21.5. The summed E-state index contributed by atoms with van der Waals surface area (Å²) in [5, 5.41) is 4.08. The van der Waals surface area contributed by atoms with E-state index in [-0.39, 0.29) is 70.8 Å². The van der Waals surface area contributed by atoms with E-state index in [4.69, 9.17) is 27.4 Å².